The van der Waals surface area contributed by atoms with Crippen LogP contribution in [0, 0.1) is 6.42 Å². The van der Waals surface area contributed by atoms with E-state index in [1.807, 2.05) is 0 Å². The van der Waals surface area contributed by atoms with Crippen molar-refractivity contribution in [2.75, 3.05) is 26.3 Å². The van der Waals surface area contributed by atoms with E-state index < -0.39 is 0 Å². The van der Waals surface area contributed by atoms with Crippen LogP contribution in [0.15, 0.2) is 28.7 Å². The molecule has 0 amide bonds. The smallest absolute Gasteiger partial charge is 0.0480 e. The third kappa shape index (κ3) is 5.19. The minimum atomic E-state index is 0.672. The lowest BCUT2D eigenvalue weighted by Gasteiger charge is -2.35. The topological polar surface area (TPSA) is 12.5 Å². The normalized spacial score (nSPS) is 20.2. The van der Waals surface area contributed by atoms with Crippen molar-refractivity contribution >= 4 is 15.9 Å². The molecule has 2 nitrogen and oxygen atoms in total. The summed E-state index contributed by atoms with van der Waals surface area (Å²) in [6, 6.07) is 9.37. The number of hydrogen-bond acceptors (Lipinski definition) is 2. The number of nitrogens with zero attached hydrogens (tertiary/aromatic N) is 1. The maximum absolute atomic E-state index is 5.51. The van der Waals surface area contributed by atoms with Crippen LogP contribution >= 0.6 is 15.9 Å². The summed E-state index contributed by atoms with van der Waals surface area (Å²) >= 11 is 3.49. The summed E-state index contributed by atoms with van der Waals surface area (Å²) in [6.07, 6.45) is 7.18. The predicted molar refractivity (Wildman–Crippen MR) is 87.9 cm³/mol. The van der Waals surface area contributed by atoms with Gasteiger partial charge in [0.15, 0.2) is 0 Å². The second-order valence-corrected chi connectivity index (χ2v) is 6.28. The van der Waals surface area contributed by atoms with Crippen LogP contribution in [-0.2, 0) is 11.2 Å². The maximum atomic E-state index is 5.51. The fourth-order valence-electron chi connectivity index (χ4n) is 2.78. The molecule has 0 spiro atoms. The second-order valence-electron chi connectivity index (χ2n) is 5.36. The van der Waals surface area contributed by atoms with Gasteiger partial charge >= 0.3 is 0 Å². The molecule has 0 aromatic heterocycles. The zero-order valence-electron chi connectivity index (χ0n) is 12.4. The summed E-state index contributed by atoms with van der Waals surface area (Å²) in [5.41, 5.74) is 1.42. The summed E-state index contributed by atoms with van der Waals surface area (Å²) in [5, 5.41) is 0. The van der Waals surface area contributed by atoms with Crippen molar-refractivity contribution < 1.29 is 4.74 Å². The van der Waals surface area contributed by atoms with Crippen LogP contribution < -0.4 is 0 Å². The van der Waals surface area contributed by atoms with E-state index in [1.54, 1.807) is 0 Å². The van der Waals surface area contributed by atoms with Gasteiger partial charge in [0.1, 0.15) is 0 Å². The fourth-order valence-corrected chi connectivity index (χ4v) is 3.05. The van der Waals surface area contributed by atoms with E-state index in [0.717, 1.165) is 37.1 Å². The first-order valence-electron chi connectivity index (χ1n) is 7.67. The van der Waals surface area contributed by atoms with Gasteiger partial charge in [-0.25, -0.2) is 0 Å². The van der Waals surface area contributed by atoms with E-state index in [4.69, 9.17) is 4.74 Å². The van der Waals surface area contributed by atoms with Crippen LogP contribution in [0.5, 0.6) is 0 Å². The SMILES string of the molecule is CCOCCC1C[CH]CCN1CCc1ccc(Br)cc1. The molecule has 1 aromatic rings. The molecular weight excluding hydrogens is 314 g/mol. The Morgan fingerprint density at radius 3 is 2.85 bits per heavy atom. The van der Waals surface area contributed by atoms with Crippen molar-refractivity contribution in [1.82, 2.24) is 4.90 Å². The van der Waals surface area contributed by atoms with Crippen molar-refractivity contribution in [3.8, 4) is 0 Å². The van der Waals surface area contributed by atoms with E-state index in [-0.39, 0.29) is 0 Å². The first kappa shape index (κ1) is 16.0. The summed E-state index contributed by atoms with van der Waals surface area (Å²) in [7, 11) is 0. The molecule has 1 unspecified atom stereocenters. The Hall–Kier alpha value is -0.380. The molecule has 1 aliphatic heterocycles. The zero-order chi connectivity index (χ0) is 14.2. The molecule has 1 atom stereocenters. The molecule has 0 aliphatic carbocycles. The Kier molecular flexibility index (Phi) is 7.05. The van der Waals surface area contributed by atoms with Crippen LogP contribution in [0.2, 0.25) is 0 Å². The summed E-state index contributed by atoms with van der Waals surface area (Å²) in [6.45, 7) is 6.15. The van der Waals surface area contributed by atoms with Crippen LogP contribution in [0.25, 0.3) is 0 Å². The van der Waals surface area contributed by atoms with Crippen LogP contribution in [0.1, 0.15) is 31.7 Å². The number of benzene rings is 1. The van der Waals surface area contributed by atoms with Crippen molar-refractivity contribution in [2.45, 2.75) is 38.6 Å². The second kappa shape index (κ2) is 8.81. The van der Waals surface area contributed by atoms with Gasteiger partial charge in [-0.3, -0.25) is 4.90 Å². The number of likely N-dealkylation sites (tertiary alicyclic amines) is 1. The third-order valence-electron chi connectivity index (χ3n) is 3.98. The van der Waals surface area contributed by atoms with Crippen molar-refractivity contribution in [2.24, 2.45) is 0 Å². The summed E-state index contributed by atoms with van der Waals surface area (Å²) < 4.78 is 6.67. The summed E-state index contributed by atoms with van der Waals surface area (Å²) in [5.74, 6) is 0. The number of rotatable bonds is 7. The zero-order valence-corrected chi connectivity index (χ0v) is 13.9. The molecule has 111 valence electrons. The molecule has 0 bridgehead atoms. The Balaban J connectivity index is 1.80. The maximum Gasteiger partial charge on any atom is 0.0480 e. The highest BCUT2D eigenvalue weighted by molar-refractivity contribution is 9.10. The summed E-state index contributed by atoms with van der Waals surface area (Å²) in [4.78, 5) is 2.64. The largest absolute Gasteiger partial charge is 0.382 e. The van der Waals surface area contributed by atoms with Gasteiger partial charge in [-0.15, -0.1) is 0 Å². The molecule has 20 heavy (non-hydrogen) atoms. The predicted octanol–water partition coefficient (Wildman–Crippen LogP) is 4.09. The van der Waals surface area contributed by atoms with E-state index in [2.05, 4.69) is 58.4 Å². The van der Waals surface area contributed by atoms with Crippen LogP contribution in [0.3, 0.4) is 0 Å². The Labute approximate surface area is 131 Å². The lowest BCUT2D eigenvalue weighted by molar-refractivity contribution is 0.0962. The van der Waals surface area contributed by atoms with Crippen LogP contribution in [0.4, 0.5) is 0 Å². The Morgan fingerprint density at radius 1 is 1.30 bits per heavy atom. The monoisotopic (exact) mass is 338 g/mol. The molecule has 1 heterocycles. The molecule has 1 fully saturated rings. The van der Waals surface area contributed by atoms with E-state index in [1.165, 1.54) is 24.9 Å². The van der Waals surface area contributed by atoms with Crippen LogP contribution in [-0.4, -0.2) is 37.2 Å². The molecule has 0 saturated carbocycles. The van der Waals surface area contributed by atoms with Crippen molar-refractivity contribution in [3.05, 3.63) is 40.7 Å². The average molecular weight is 339 g/mol. The van der Waals surface area contributed by atoms with Gasteiger partial charge in [0.2, 0.25) is 0 Å². The molecular formula is C17H25BrNO. The highest BCUT2D eigenvalue weighted by Gasteiger charge is 2.21. The first-order valence-corrected chi connectivity index (χ1v) is 8.47. The highest BCUT2D eigenvalue weighted by Crippen LogP contribution is 2.20. The first-order chi connectivity index (χ1) is 9.79. The average Bonchev–Trinajstić information content (AvgIpc) is 2.48. The van der Waals surface area contributed by atoms with Gasteiger partial charge in [-0.05, 0) is 63.3 Å². The third-order valence-corrected chi connectivity index (χ3v) is 4.50. The van der Waals surface area contributed by atoms with Gasteiger partial charge in [0.05, 0.1) is 0 Å². The molecule has 1 aromatic carbocycles. The lowest BCUT2D eigenvalue weighted by atomic mass is 9.99. The molecule has 1 aliphatic rings. The quantitative estimate of drug-likeness (QED) is 0.694. The standard InChI is InChI=1S/C17H25BrNO/c1-2-20-14-11-17-5-3-4-12-19(17)13-10-15-6-8-16(18)9-7-15/h3,6-9,17H,2,4-5,10-14H2,1H3. The van der Waals surface area contributed by atoms with Gasteiger partial charge in [-0.1, -0.05) is 28.1 Å². The van der Waals surface area contributed by atoms with E-state index in [9.17, 15) is 0 Å². The van der Waals surface area contributed by atoms with Crippen molar-refractivity contribution in [1.29, 1.82) is 0 Å². The Morgan fingerprint density at radius 2 is 2.10 bits per heavy atom. The minimum absolute atomic E-state index is 0.672. The van der Waals surface area contributed by atoms with E-state index in [0.29, 0.717) is 6.04 Å². The molecule has 1 saturated heterocycles. The van der Waals surface area contributed by atoms with Gasteiger partial charge in [0, 0.05) is 30.3 Å². The lowest BCUT2D eigenvalue weighted by Crippen LogP contribution is -2.41. The highest BCUT2D eigenvalue weighted by atomic mass is 79.9. The van der Waals surface area contributed by atoms with Gasteiger partial charge < -0.3 is 4.74 Å². The van der Waals surface area contributed by atoms with E-state index >= 15 is 0 Å². The molecule has 2 rings (SSSR count). The number of hydrogen-bond donors (Lipinski definition) is 0. The fraction of sp³-hybridized carbons (Fsp3) is 0.588. The number of halogens is 1. The number of piperidine rings is 1. The van der Waals surface area contributed by atoms with Gasteiger partial charge in [0.25, 0.3) is 0 Å². The number of ether oxygens (including phenoxy) is 1. The Bertz CT molecular complexity index is 379. The minimum Gasteiger partial charge on any atom is -0.382 e. The van der Waals surface area contributed by atoms with Crippen molar-refractivity contribution in [3.63, 3.8) is 0 Å². The molecule has 3 heteroatoms. The molecule has 1 radical (unpaired) electrons. The van der Waals surface area contributed by atoms with Gasteiger partial charge in [-0.2, -0.15) is 0 Å². The molecule has 0 N–H and O–H groups in total.